The highest BCUT2D eigenvalue weighted by Crippen LogP contribution is 2.42. The zero-order valence-corrected chi connectivity index (χ0v) is 14.3. The van der Waals surface area contributed by atoms with Gasteiger partial charge in [-0.2, -0.15) is 0 Å². The zero-order chi connectivity index (χ0) is 15.5. The van der Waals surface area contributed by atoms with Crippen molar-refractivity contribution in [3.63, 3.8) is 0 Å². The van der Waals surface area contributed by atoms with Gasteiger partial charge in [-0.05, 0) is 26.8 Å². The number of Topliss-reactive ketones (excluding diaryl/α,β-unsaturated/α-hetero) is 1. The van der Waals surface area contributed by atoms with Crippen LogP contribution in [0.2, 0.25) is 20.1 Å². The van der Waals surface area contributed by atoms with Crippen LogP contribution in [-0.4, -0.2) is 24.5 Å². The van der Waals surface area contributed by atoms with Crippen molar-refractivity contribution in [3.8, 4) is 5.75 Å². The van der Waals surface area contributed by atoms with Gasteiger partial charge < -0.3 is 10.1 Å². The predicted octanol–water partition coefficient (Wildman–Crippen LogP) is 4.64. The van der Waals surface area contributed by atoms with E-state index >= 15 is 0 Å². The summed E-state index contributed by atoms with van der Waals surface area (Å²) < 4.78 is 5.33. The molecule has 20 heavy (non-hydrogen) atoms. The quantitative estimate of drug-likeness (QED) is 0.779. The Bertz CT molecular complexity index is 486. The van der Waals surface area contributed by atoms with Crippen LogP contribution in [0.1, 0.15) is 20.8 Å². The minimum absolute atomic E-state index is 0.120. The largest absolute Gasteiger partial charge is 0.483 e. The average Bonchev–Trinajstić information content (AvgIpc) is 2.33. The summed E-state index contributed by atoms with van der Waals surface area (Å²) in [6, 6.07) is 1.42. The number of carbonyl (C=O) groups is 1. The monoisotopic (exact) mass is 357 g/mol. The first-order valence-corrected chi connectivity index (χ1v) is 7.35. The molecular formula is C13H15Cl4NO2. The van der Waals surface area contributed by atoms with Crippen molar-refractivity contribution in [1.29, 1.82) is 0 Å². The van der Waals surface area contributed by atoms with Gasteiger partial charge in [-0.1, -0.05) is 46.4 Å². The van der Waals surface area contributed by atoms with Gasteiger partial charge in [0.05, 0.1) is 16.6 Å². The second-order valence-electron chi connectivity index (χ2n) is 5.23. The molecule has 0 aliphatic heterocycles. The van der Waals surface area contributed by atoms with E-state index < -0.39 is 0 Å². The molecule has 7 heteroatoms. The normalized spacial score (nSPS) is 11.6. The van der Waals surface area contributed by atoms with Crippen LogP contribution >= 0.6 is 46.4 Å². The standard InChI is InChI=1S/C13H15Cl4NO2/c1-13(2,3)18-5-7(19)6-20-12-10(16)8(14)4-9(15)11(12)17/h4,18H,5-6H2,1-3H3. The van der Waals surface area contributed by atoms with E-state index in [9.17, 15) is 4.79 Å². The minimum Gasteiger partial charge on any atom is -0.483 e. The first kappa shape index (κ1) is 17.9. The highest BCUT2D eigenvalue weighted by molar-refractivity contribution is 6.48. The summed E-state index contributed by atoms with van der Waals surface area (Å²) in [6.45, 7) is 5.91. The van der Waals surface area contributed by atoms with E-state index in [4.69, 9.17) is 51.1 Å². The third-order valence-corrected chi connectivity index (χ3v) is 3.81. The fourth-order valence-electron chi connectivity index (χ4n) is 1.25. The minimum atomic E-state index is -0.167. The van der Waals surface area contributed by atoms with Crippen LogP contribution in [0, 0.1) is 0 Å². The number of hydrogen-bond donors (Lipinski definition) is 1. The van der Waals surface area contributed by atoms with E-state index in [1.807, 2.05) is 20.8 Å². The van der Waals surface area contributed by atoms with Crippen molar-refractivity contribution in [2.75, 3.05) is 13.2 Å². The van der Waals surface area contributed by atoms with Gasteiger partial charge in [0.25, 0.3) is 0 Å². The molecule has 1 aromatic carbocycles. The molecule has 0 aliphatic rings. The maximum absolute atomic E-state index is 11.7. The third kappa shape index (κ3) is 5.30. The number of halogens is 4. The van der Waals surface area contributed by atoms with Crippen molar-refractivity contribution in [2.24, 2.45) is 0 Å². The Balaban J connectivity index is 2.69. The first-order chi connectivity index (χ1) is 9.11. The number of rotatable bonds is 5. The summed E-state index contributed by atoms with van der Waals surface area (Å²) in [5, 5.41) is 3.77. The number of nitrogens with one attached hydrogen (secondary N) is 1. The second-order valence-corrected chi connectivity index (χ2v) is 6.80. The van der Waals surface area contributed by atoms with Gasteiger partial charge in [-0.15, -0.1) is 0 Å². The highest BCUT2D eigenvalue weighted by Gasteiger charge is 2.17. The van der Waals surface area contributed by atoms with Crippen LogP contribution in [-0.2, 0) is 4.79 Å². The number of ether oxygens (including phenoxy) is 1. The Labute approximate surface area is 138 Å². The Hall–Kier alpha value is -0.190. The smallest absolute Gasteiger partial charge is 0.183 e. The molecule has 0 aliphatic carbocycles. The summed E-state index contributed by atoms with van der Waals surface area (Å²) in [5.74, 6) is -0.0156. The molecule has 0 fully saturated rings. The number of hydrogen-bond acceptors (Lipinski definition) is 3. The van der Waals surface area contributed by atoms with Crippen molar-refractivity contribution in [3.05, 3.63) is 26.2 Å². The van der Waals surface area contributed by atoms with Crippen LogP contribution in [0.3, 0.4) is 0 Å². The van der Waals surface area contributed by atoms with E-state index in [2.05, 4.69) is 5.32 Å². The van der Waals surface area contributed by atoms with Crippen LogP contribution in [0.5, 0.6) is 5.75 Å². The molecule has 0 aromatic heterocycles. The summed E-state index contributed by atoms with van der Waals surface area (Å²) in [7, 11) is 0. The molecule has 112 valence electrons. The van der Waals surface area contributed by atoms with E-state index in [1.165, 1.54) is 6.07 Å². The summed E-state index contributed by atoms with van der Waals surface area (Å²) in [5.41, 5.74) is -0.148. The van der Waals surface area contributed by atoms with Crippen LogP contribution in [0.4, 0.5) is 0 Å². The Morgan fingerprint density at radius 3 is 2.10 bits per heavy atom. The number of ketones is 1. The lowest BCUT2D eigenvalue weighted by Crippen LogP contribution is -2.40. The zero-order valence-electron chi connectivity index (χ0n) is 11.3. The van der Waals surface area contributed by atoms with Crippen LogP contribution in [0.15, 0.2) is 6.07 Å². The second kappa shape index (κ2) is 7.19. The number of carbonyl (C=O) groups excluding carboxylic acids is 1. The lowest BCUT2D eigenvalue weighted by molar-refractivity contribution is -0.120. The molecule has 3 nitrogen and oxygen atoms in total. The highest BCUT2D eigenvalue weighted by atomic mass is 35.5. The maximum atomic E-state index is 11.7. The van der Waals surface area contributed by atoms with Crippen molar-refractivity contribution in [2.45, 2.75) is 26.3 Å². The van der Waals surface area contributed by atoms with E-state index in [0.29, 0.717) is 0 Å². The topological polar surface area (TPSA) is 38.3 Å². The van der Waals surface area contributed by atoms with Gasteiger partial charge in [-0.3, -0.25) is 4.79 Å². The molecule has 0 heterocycles. The molecule has 0 bridgehead atoms. The number of benzene rings is 1. The fraction of sp³-hybridized carbons (Fsp3) is 0.462. The average molecular weight is 359 g/mol. The molecule has 0 atom stereocenters. The predicted molar refractivity (Wildman–Crippen MR) is 84.7 cm³/mol. The molecule has 0 saturated heterocycles. The summed E-state index contributed by atoms with van der Waals surface area (Å²) >= 11 is 23.7. The summed E-state index contributed by atoms with van der Waals surface area (Å²) in [6.07, 6.45) is 0. The molecule has 0 radical (unpaired) electrons. The first-order valence-electron chi connectivity index (χ1n) is 5.84. The maximum Gasteiger partial charge on any atom is 0.183 e. The molecule has 0 spiro atoms. The molecule has 0 saturated carbocycles. The third-order valence-electron chi connectivity index (χ3n) is 2.26. The van der Waals surface area contributed by atoms with E-state index in [-0.39, 0.29) is 50.3 Å². The van der Waals surface area contributed by atoms with Gasteiger partial charge in [0.2, 0.25) is 0 Å². The van der Waals surface area contributed by atoms with Gasteiger partial charge in [0.1, 0.15) is 16.7 Å². The summed E-state index contributed by atoms with van der Waals surface area (Å²) in [4.78, 5) is 11.7. The molecule has 1 aromatic rings. The molecular weight excluding hydrogens is 344 g/mol. The lowest BCUT2D eigenvalue weighted by Gasteiger charge is -2.20. The molecule has 0 unspecified atom stereocenters. The molecule has 1 rings (SSSR count). The van der Waals surface area contributed by atoms with Crippen LogP contribution in [0.25, 0.3) is 0 Å². The van der Waals surface area contributed by atoms with Crippen LogP contribution < -0.4 is 10.1 Å². The Morgan fingerprint density at radius 1 is 1.15 bits per heavy atom. The van der Waals surface area contributed by atoms with Gasteiger partial charge >= 0.3 is 0 Å². The molecule has 0 amide bonds. The van der Waals surface area contributed by atoms with Gasteiger partial charge in [0.15, 0.2) is 11.5 Å². The van der Waals surface area contributed by atoms with Gasteiger partial charge in [0, 0.05) is 5.54 Å². The Kier molecular flexibility index (Phi) is 6.42. The van der Waals surface area contributed by atoms with Crippen molar-refractivity contribution < 1.29 is 9.53 Å². The van der Waals surface area contributed by atoms with Crippen molar-refractivity contribution >= 4 is 52.2 Å². The van der Waals surface area contributed by atoms with E-state index in [1.54, 1.807) is 0 Å². The van der Waals surface area contributed by atoms with Crippen molar-refractivity contribution in [1.82, 2.24) is 5.32 Å². The van der Waals surface area contributed by atoms with Gasteiger partial charge in [-0.25, -0.2) is 0 Å². The lowest BCUT2D eigenvalue weighted by atomic mass is 10.1. The Morgan fingerprint density at radius 2 is 1.65 bits per heavy atom. The SMILES string of the molecule is CC(C)(C)NCC(=O)COc1c(Cl)c(Cl)cc(Cl)c1Cl. The fourth-order valence-corrected chi connectivity index (χ4v) is 2.15. The molecule has 1 N–H and O–H groups in total. The van der Waals surface area contributed by atoms with E-state index in [0.717, 1.165) is 0 Å².